The molecule has 1 saturated heterocycles. The monoisotopic (exact) mass is 231 g/mol. The van der Waals surface area contributed by atoms with Gasteiger partial charge in [-0.2, -0.15) is 0 Å². The lowest BCUT2D eigenvalue weighted by Gasteiger charge is -2.20. The van der Waals surface area contributed by atoms with Crippen molar-refractivity contribution >= 4 is 0 Å². The summed E-state index contributed by atoms with van der Waals surface area (Å²) >= 11 is 0. The van der Waals surface area contributed by atoms with E-state index in [0.717, 1.165) is 18.7 Å². The van der Waals surface area contributed by atoms with Gasteiger partial charge in [-0.25, -0.2) is 0 Å². The average Bonchev–Trinajstić information content (AvgIpc) is 2.90. The number of ether oxygens (including phenoxy) is 1. The van der Waals surface area contributed by atoms with Crippen molar-refractivity contribution in [2.24, 2.45) is 0 Å². The number of nitrogens with zero attached hydrogens (tertiary/aromatic N) is 2. The minimum atomic E-state index is 0.00807. The molecule has 1 atom stereocenters. The Bertz CT molecular complexity index is 478. The topological polar surface area (TPSA) is 60.2 Å². The molecule has 0 bridgehead atoms. The number of hydrogen-bond donors (Lipinski definition) is 1. The minimum absolute atomic E-state index is 0.00807. The van der Waals surface area contributed by atoms with Crippen molar-refractivity contribution in [3.05, 3.63) is 36.2 Å². The van der Waals surface area contributed by atoms with E-state index in [1.165, 1.54) is 0 Å². The fraction of sp³-hybridized carbons (Fsp3) is 0.333. The van der Waals surface area contributed by atoms with Crippen molar-refractivity contribution in [1.82, 2.24) is 15.5 Å². The highest BCUT2D eigenvalue weighted by molar-refractivity contribution is 5.51. The summed E-state index contributed by atoms with van der Waals surface area (Å²) in [5, 5.41) is 11.4. The first-order chi connectivity index (χ1) is 8.43. The highest BCUT2D eigenvalue weighted by Crippen LogP contribution is 2.21. The number of aromatic nitrogens is 2. The molecule has 0 aliphatic carbocycles. The van der Waals surface area contributed by atoms with Crippen molar-refractivity contribution in [2.45, 2.75) is 6.04 Å². The number of benzene rings is 1. The fourth-order valence-electron chi connectivity index (χ4n) is 1.80. The zero-order valence-corrected chi connectivity index (χ0v) is 9.30. The SMILES string of the molecule is c1ccc(-c2nnc(C3COCCN3)o2)cc1. The first kappa shape index (κ1) is 10.4. The van der Waals surface area contributed by atoms with E-state index >= 15 is 0 Å². The summed E-state index contributed by atoms with van der Waals surface area (Å²) < 4.78 is 11.0. The summed E-state index contributed by atoms with van der Waals surface area (Å²) in [5.74, 6) is 1.14. The van der Waals surface area contributed by atoms with E-state index in [0.29, 0.717) is 18.4 Å². The van der Waals surface area contributed by atoms with Gasteiger partial charge in [-0.05, 0) is 12.1 Å². The van der Waals surface area contributed by atoms with E-state index in [2.05, 4.69) is 15.5 Å². The summed E-state index contributed by atoms with van der Waals surface area (Å²) in [5.41, 5.74) is 0.933. The Hall–Kier alpha value is -1.72. The Morgan fingerprint density at radius 1 is 1.18 bits per heavy atom. The second-order valence-electron chi connectivity index (χ2n) is 3.89. The standard InChI is InChI=1S/C12H13N3O2/c1-2-4-9(5-3-1)11-14-15-12(17-11)10-8-16-7-6-13-10/h1-5,10,13H,6-8H2. The Labute approximate surface area is 98.8 Å². The van der Waals surface area contributed by atoms with Crippen LogP contribution in [0.3, 0.4) is 0 Å². The lowest BCUT2D eigenvalue weighted by molar-refractivity contribution is 0.0683. The molecule has 0 amide bonds. The van der Waals surface area contributed by atoms with Gasteiger partial charge in [0.15, 0.2) is 0 Å². The number of morpholine rings is 1. The molecule has 88 valence electrons. The van der Waals surface area contributed by atoms with Crippen LogP contribution in [-0.2, 0) is 4.74 Å². The van der Waals surface area contributed by atoms with Gasteiger partial charge in [-0.15, -0.1) is 10.2 Å². The molecular weight excluding hydrogens is 218 g/mol. The maximum atomic E-state index is 5.64. The molecule has 0 saturated carbocycles. The third-order valence-electron chi connectivity index (χ3n) is 2.68. The van der Waals surface area contributed by atoms with Crippen molar-refractivity contribution in [2.75, 3.05) is 19.8 Å². The predicted molar refractivity (Wildman–Crippen MR) is 61.3 cm³/mol. The van der Waals surface area contributed by atoms with E-state index in [-0.39, 0.29) is 6.04 Å². The predicted octanol–water partition coefficient (Wildman–Crippen LogP) is 1.40. The van der Waals surface area contributed by atoms with Crippen LogP contribution in [0.25, 0.3) is 11.5 Å². The molecule has 1 aliphatic heterocycles. The van der Waals surface area contributed by atoms with Crippen LogP contribution >= 0.6 is 0 Å². The maximum absolute atomic E-state index is 5.64. The molecule has 1 aromatic carbocycles. The Morgan fingerprint density at radius 2 is 2.06 bits per heavy atom. The Kier molecular flexibility index (Phi) is 2.85. The van der Waals surface area contributed by atoms with E-state index in [1.54, 1.807) is 0 Å². The number of hydrogen-bond acceptors (Lipinski definition) is 5. The fourth-order valence-corrected chi connectivity index (χ4v) is 1.80. The summed E-state index contributed by atoms with van der Waals surface area (Å²) in [6.45, 7) is 2.13. The molecule has 0 radical (unpaired) electrons. The third kappa shape index (κ3) is 2.20. The van der Waals surface area contributed by atoms with Gasteiger partial charge in [-0.1, -0.05) is 18.2 Å². The summed E-state index contributed by atoms with van der Waals surface area (Å²) in [6.07, 6.45) is 0. The highest BCUT2D eigenvalue weighted by atomic mass is 16.5. The summed E-state index contributed by atoms with van der Waals surface area (Å²) in [6, 6.07) is 9.75. The summed E-state index contributed by atoms with van der Waals surface area (Å²) in [7, 11) is 0. The minimum Gasteiger partial charge on any atom is -0.419 e. The molecule has 1 aromatic heterocycles. The van der Waals surface area contributed by atoms with Crippen LogP contribution in [-0.4, -0.2) is 30.0 Å². The second-order valence-corrected chi connectivity index (χ2v) is 3.89. The van der Waals surface area contributed by atoms with Crippen LogP contribution in [0.2, 0.25) is 0 Å². The number of nitrogens with one attached hydrogen (secondary N) is 1. The molecule has 2 aromatic rings. The molecule has 17 heavy (non-hydrogen) atoms. The van der Waals surface area contributed by atoms with Gasteiger partial charge in [0.2, 0.25) is 11.8 Å². The van der Waals surface area contributed by atoms with Crippen LogP contribution in [0.15, 0.2) is 34.7 Å². The Morgan fingerprint density at radius 3 is 2.82 bits per heavy atom. The Balaban J connectivity index is 1.83. The molecule has 0 spiro atoms. The molecule has 1 aliphatic rings. The zero-order chi connectivity index (χ0) is 11.5. The number of rotatable bonds is 2. The van der Waals surface area contributed by atoms with Gasteiger partial charge in [0.25, 0.3) is 0 Å². The van der Waals surface area contributed by atoms with Crippen molar-refractivity contribution < 1.29 is 9.15 Å². The van der Waals surface area contributed by atoms with Gasteiger partial charge < -0.3 is 14.5 Å². The summed E-state index contributed by atoms with van der Waals surface area (Å²) in [4.78, 5) is 0. The maximum Gasteiger partial charge on any atom is 0.247 e. The molecule has 5 heteroatoms. The first-order valence-electron chi connectivity index (χ1n) is 5.63. The lowest BCUT2D eigenvalue weighted by atomic mass is 10.2. The third-order valence-corrected chi connectivity index (χ3v) is 2.68. The molecular formula is C12H13N3O2. The van der Waals surface area contributed by atoms with Crippen LogP contribution in [0.4, 0.5) is 0 Å². The largest absolute Gasteiger partial charge is 0.419 e. The van der Waals surface area contributed by atoms with Crippen molar-refractivity contribution in [1.29, 1.82) is 0 Å². The highest BCUT2D eigenvalue weighted by Gasteiger charge is 2.21. The van der Waals surface area contributed by atoms with E-state index in [4.69, 9.17) is 9.15 Å². The van der Waals surface area contributed by atoms with Gasteiger partial charge in [-0.3, -0.25) is 0 Å². The first-order valence-corrected chi connectivity index (χ1v) is 5.63. The average molecular weight is 231 g/mol. The molecule has 5 nitrogen and oxygen atoms in total. The van der Waals surface area contributed by atoms with Gasteiger partial charge in [0.1, 0.15) is 6.04 Å². The van der Waals surface area contributed by atoms with E-state index in [9.17, 15) is 0 Å². The van der Waals surface area contributed by atoms with E-state index < -0.39 is 0 Å². The molecule has 3 rings (SSSR count). The van der Waals surface area contributed by atoms with Gasteiger partial charge in [0.05, 0.1) is 13.2 Å². The quantitative estimate of drug-likeness (QED) is 0.846. The van der Waals surface area contributed by atoms with Crippen LogP contribution in [0.5, 0.6) is 0 Å². The molecule has 1 unspecified atom stereocenters. The lowest BCUT2D eigenvalue weighted by Crippen LogP contribution is -2.34. The van der Waals surface area contributed by atoms with Gasteiger partial charge >= 0.3 is 0 Å². The van der Waals surface area contributed by atoms with E-state index in [1.807, 2.05) is 30.3 Å². The van der Waals surface area contributed by atoms with Crippen molar-refractivity contribution in [3.8, 4) is 11.5 Å². The molecule has 1 N–H and O–H groups in total. The smallest absolute Gasteiger partial charge is 0.247 e. The molecule has 1 fully saturated rings. The van der Waals surface area contributed by atoms with Crippen LogP contribution in [0, 0.1) is 0 Å². The van der Waals surface area contributed by atoms with Crippen molar-refractivity contribution in [3.63, 3.8) is 0 Å². The molecule has 2 heterocycles. The van der Waals surface area contributed by atoms with Gasteiger partial charge in [0, 0.05) is 12.1 Å². The second kappa shape index (κ2) is 4.65. The normalized spacial score (nSPS) is 20.4. The van der Waals surface area contributed by atoms with Crippen LogP contribution < -0.4 is 5.32 Å². The van der Waals surface area contributed by atoms with Crippen LogP contribution in [0.1, 0.15) is 11.9 Å². The zero-order valence-electron chi connectivity index (χ0n) is 9.30.